The van der Waals surface area contributed by atoms with Gasteiger partial charge >= 0.3 is 0 Å². The van der Waals surface area contributed by atoms with Crippen LogP contribution in [0.25, 0.3) is 0 Å². The number of rotatable bonds is 5. The molecule has 1 aliphatic carbocycles. The number of benzene rings is 3. The van der Waals surface area contributed by atoms with E-state index in [1.807, 2.05) is 91.9 Å². The van der Waals surface area contributed by atoms with Gasteiger partial charge in [-0.25, -0.2) is 0 Å². The quantitative estimate of drug-likeness (QED) is 0.606. The van der Waals surface area contributed by atoms with Crippen molar-refractivity contribution in [2.24, 2.45) is 11.8 Å². The highest BCUT2D eigenvalue weighted by Crippen LogP contribution is 2.56. The molecule has 1 aliphatic rings. The van der Waals surface area contributed by atoms with E-state index in [0.717, 1.165) is 5.56 Å². The maximum atomic E-state index is 13.1. The average molecular weight is 340 g/mol. The largest absolute Gasteiger partial charge is 0.294 e. The van der Waals surface area contributed by atoms with E-state index in [-0.39, 0.29) is 29.3 Å². The van der Waals surface area contributed by atoms with Gasteiger partial charge in [0.15, 0.2) is 11.6 Å². The summed E-state index contributed by atoms with van der Waals surface area (Å²) in [5.41, 5.74) is 3.60. The van der Waals surface area contributed by atoms with Gasteiger partial charge in [-0.15, -0.1) is 0 Å². The van der Waals surface area contributed by atoms with Crippen LogP contribution >= 0.6 is 0 Å². The van der Waals surface area contributed by atoms with E-state index >= 15 is 0 Å². The molecular formula is C24H20O2. The standard InChI is InChI=1S/C24H20O2/c1-16-12-14-17(15-13-16)20-21(23(25)18-8-4-2-5-9-18)22(20)24(26)19-10-6-3-7-11-19/h2-15,20-22H,1H3/t21-,22-/m1/s1. The highest BCUT2D eigenvalue weighted by molar-refractivity contribution is 6.09. The lowest BCUT2D eigenvalue weighted by atomic mass is 10.0. The number of carbonyl (C=O) groups excluding carboxylic acids is 2. The van der Waals surface area contributed by atoms with Gasteiger partial charge in [0.25, 0.3) is 0 Å². The molecule has 2 heteroatoms. The van der Waals surface area contributed by atoms with Gasteiger partial charge in [-0.1, -0.05) is 90.5 Å². The molecule has 128 valence electrons. The minimum Gasteiger partial charge on any atom is -0.294 e. The first-order valence-electron chi connectivity index (χ1n) is 8.92. The lowest BCUT2D eigenvalue weighted by Gasteiger charge is -2.01. The summed E-state index contributed by atoms with van der Waals surface area (Å²) in [6.45, 7) is 2.04. The number of carbonyl (C=O) groups is 2. The van der Waals surface area contributed by atoms with Crippen LogP contribution in [0.2, 0.25) is 0 Å². The number of aryl methyl sites for hydroxylation is 1. The molecule has 1 saturated carbocycles. The molecule has 0 amide bonds. The van der Waals surface area contributed by atoms with Crippen LogP contribution in [0.4, 0.5) is 0 Å². The van der Waals surface area contributed by atoms with E-state index in [4.69, 9.17) is 0 Å². The average Bonchev–Trinajstić information content (AvgIpc) is 3.44. The molecule has 3 aromatic rings. The molecule has 0 saturated heterocycles. The molecule has 0 bridgehead atoms. The predicted octanol–water partition coefficient (Wildman–Crippen LogP) is 5.09. The molecular weight excluding hydrogens is 320 g/mol. The Hall–Kier alpha value is -3.00. The fourth-order valence-electron chi connectivity index (χ4n) is 3.76. The van der Waals surface area contributed by atoms with Crippen LogP contribution in [-0.4, -0.2) is 11.6 Å². The highest BCUT2D eigenvalue weighted by Gasteiger charge is 2.58. The third-order valence-electron chi connectivity index (χ3n) is 5.20. The van der Waals surface area contributed by atoms with Gasteiger partial charge in [-0.3, -0.25) is 9.59 Å². The maximum absolute atomic E-state index is 13.1. The molecule has 0 spiro atoms. The van der Waals surface area contributed by atoms with E-state index in [9.17, 15) is 9.59 Å². The second-order valence-corrected chi connectivity index (χ2v) is 6.95. The van der Waals surface area contributed by atoms with Crippen LogP contribution in [0, 0.1) is 18.8 Å². The molecule has 0 aliphatic heterocycles. The van der Waals surface area contributed by atoms with Crippen molar-refractivity contribution >= 4 is 11.6 Å². The number of hydrogen-bond donors (Lipinski definition) is 0. The Morgan fingerprint density at radius 3 is 1.46 bits per heavy atom. The van der Waals surface area contributed by atoms with Crippen LogP contribution in [0.15, 0.2) is 84.9 Å². The first kappa shape index (κ1) is 16.5. The van der Waals surface area contributed by atoms with E-state index in [0.29, 0.717) is 11.1 Å². The van der Waals surface area contributed by atoms with E-state index in [1.165, 1.54) is 5.56 Å². The first-order valence-corrected chi connectivity index (χ1v) is 8.92. The zero-order chi connectivity index (χ0) is 18.1. The zero-order valence-electron chi connectivity index (χ0n) is 14.6. The van der Waals surface area contributed by atoms with Gasteiger partial charge in [0.05, 0.1) is 0 Å². The monoisotopic (exact) mass is 340 g/mol. The van der Waals surface area contributed by atoms with Crippen LogP contribution in [-0.2, 0) is 0 Å². The predicted molar refractivity (Wildman–Crippen MR) is 102 cm³/mol. The molecule has 0 radical (unpaired) electrons. The second kappa shape index (κ2) is 6.72. The Kier molecular flexibility index (Phi) is 4.26. The molecule has 4 rings (SSSR count). The van der Waals surface area contributed by atoms with Crippen LogP contribution in [0.3, 0.4) is 0 Å². The maximum Gasteiger partial charge on any atom is 0.167 e. The van der Waals surface area contributed by atoms with Crippen molar-refractivity contribution in [2.75, 3.05) is 0 Å². The number of Topliss-reactive ketones (excluding diaryl/α,β-unsaturated/α-hetero) is 2. The van der Waals surface area contributed by atoms with Gasteiger partial charge in [-0.2, -0.15) is 0 Å². The molecule has 0 heterocycles. The fraction of sp³-hybridized carbons (Fsp3) is 0.167. The van der Waals surface area contributed by atoms with Crippen molar-refractivity contribution < 1.29 is 9.59 Å². The summed E-state index contributed by atoms with van der Waals surface area (Å²) in [4.78, 5) is 26.1. The van der Waals surface area contributed by atoms with Crippen molar-refractivity contribution in [2.45, 2.75) is 12.8 Å². The third kappa shape index (κ3) is 2.99. The molecule has 2 nitrogen and oxygen atoms in total. The molecule has 0 unspecified atom stereocenters. The van der Waals surface area contributed by atoms with Crippen LogP contribution < -0.4 is 0 Å². The van der Waals surface area contributed by atoms with Crippen molar-refractivity contribution in [3.05, 3.63) is 107 Å². The van der Waals surface area contributed by atoms with Gasteiger partial charge in [0.1, 0.15) is 0 Å². The Bertz CT molecular complexity index is 869. The smallest absolute Gasteiger partial charge is 0.167 e. The summed E-state index contributed by atoms with van der Waals surface area (Å²) >= 11 is 0. The lowest BCUT2D eigenvalue weighted by molar-refractivity contribution is 0.0906. The van der Waals surface area contributed by atoms with E-state index < -0.39 is 0 Å². The third-order valence-corrected chi connectivity index (χ3v) is 5.20. The first-order chi connectivity index (χ1) is 12.7. The van der Waals surface area contributed by atoms with Gasteiger partial charge in [0.2, 0.25) is 0 Å². The molecule has 0 aromatic heterocycles. The Balaban J connectivity index is 1.68. The van der Waals surface area contributed by atoms with Gasteiger partial charge < -0.3 is 0 Å². The lowest BCUT2D eigenvalue weighted by Crippen LogP contribution is -2.09. The zero-order valence-corrected chi connectivity index (χ0v) is 14.6. The van der Waals surface area contributed by atoms with Crippen LogP contribution in [0.1, 0.15) is 37.8 Å². The van der Waals surface area contributed by atoms with E-state index in [2.05, 4.69) is 0 Å². The van der Waals surface area contributed by atoms with Gasteiger partial charge in [0, 0.05) is 28.9 Å². The van der Waals surface area contributed by atoms with Crippen LogP contribution in [0.5, 0.6) is 0 Å². The highest BCUT2D eigenvalue weighted by atomic mass is 16.1. The summed E-state index contributed by atoms with van der Waals surface area (Å²) in [6, 6.07) is 26.8. The number of ketones is 2. The summed E-state index contributed by atoms with van der Waals surface area (Å²) in [7, 11) is 0. The second-order valence-electron chi connectivity index (χ2n) is 6.95. The van der Waals surface area contributed by atoms with Crippen molar-refractivity contribution in [3.63, 3.8) is 0 Å². The van der Waals surface area contributed by atoms with Crippen molar-refractivity contribution in [1.82, 2.24) is 0 Å². The Labute approximate surface area is 153 Å². The minimum absolute atomic E-state index is 0.0454. The normalized spacial score (nSPS) is 21.2. The summed E-state index contributed by atoms with van der Waals surface area (Å²) in [6.07, 6.45) is 0. The minimum atomic E-state index is -0.284. The summed E-state index contributed by atoms with van der Waals surface area (Å²) < 4.78 is 0. The fourth-order valence-corrected chi connectivity index (χ4v) is 3.76. The molecule has 0 N–H and O–H groups in total. The molecule has 26 heavy (non-hydrogen) atoms. The summed E-state index contributed by atoms with van der Waals surface area (Å²) in [5.74, 6) is -0.493. The SMILES string of the molecule is Cc1ccc(C2[C@@H](C(=O)c3ccccc3)[C@@H]2C(=O)c2ccccc2)cc1. The van der Waals surface area contributed by atoms with E-state index in [1.54, 1.807) is 0 Å². The van der Waals surface area contributed by atoms with Crippen molar-refractivity contribution in [1.29, 1.82) is 0 Å². The summed E-state index contributed by atoms with van der Waals surface area (Å²) in [5, 5.41) is 0. The number of hydrogen-bond acceptors (Lipinski definition) is 2. The Morgan fingerprint density at radius 1 is 0.615 bits per heavy atom. The molecule has 1 fully saturated rings. The topological polar surface area (TPSA) is 34.1 Å². The molecule has 3 aromatic carbocycles. The Morgan fingerprint density at radius 2 is 1.04 bits per heavy atom. The van der Waals surface area contributed by atoms with Crippen molar-refractivity contribution in [3.8, 4) is 0 Å². The van der Waals surface area contributed by atoms with Gasteiger partial charge in [-0.05, 0) is 12.5 Å². The molecule has 2 atom stereocenters.